The van der Waals surface area contributed by atoms with Crippen LogP contribution in [0, 0.1) is 5.82 Å². The van der Waals surface area contributed by atoms with Crippen molar-refractivity contribution in [2.24, 2.45) is 0 Å². The lowest BCUT2D eigenvalue weighted by Gasteiger charge is -2.38. The lowest BCUT2D eigenvalue weighted by molar-refractivity contribution is -0.121. The van der Waals surface area contributed by atoms with E-state index in [1.807, 2.05) is 13.8 Å². The molecule has 26 heavy (non-hydrogen) atoms. The number of benzene rings is 2. The fraction of sp³-hybridized carbons (Fsp3) is 0.300. The molecule has 0 saturated carbocycles. The predicted molar refractivity (Wildman–Crippen MR) is 93.7 cm³/mol. The molecule has 0 radical (unpaired) electrons. The van der Waals surface area contributed by atoms with E-state index in [4.69, 9.17) is 9.84 Å². The number of aromatic carboxylic acids is 1. The Kier molecular flexibility index (Phi) is 4.68. The number of ether oxygens (including phenoxy) is 1. The van der Waals surface area contributed by atoms with Gasteiger partial charge in [0, 0.05) is 18.1 Å². The first-order valence-corrected chi connectivity index (χ1v) is 8.33. The number of fused-ring (bicyclic) bond motifs is 1. The molecule has 0 spiro atoms. The van der Waals surface area contributed by atoms with Gasteiger partial charge in [-0.05, 0) is 37.6 Å². The highest BCUT2D eigenvalue weighted by Crippen LogP contribution is 2.39. The van der Waals surface area contributed by atoms with Gasteiger partial charge in [0.2, 0.25) is 5.91 Å². The van der Waals surface area contributed by atoms with Crippen LogP contribution in [0.25, 0.3) is 0 Å². The molecular formula is C20H20FNO4. The third kappa shape index (κ3) is 4.02. The van der Waals surface area contributed by atoms with Crippen LogP contribution in [-0.4, -0.2) is 22.6 Å². The molecule has 2 N–H and O–H groups in total. The van der Waals surface area contributed by atoms with Crippen molar-refractivity contribution in [2.75, 3.05) is 0 Å². The van der Waals surface area contributed by atoms with Crippen molar-refractivity contribution in [3.05, 3.63) is 65.0 Å². The number of carbonyl (C=O) groups is 2. The van der Waals surface area contributed by atoms with Crippen molar-refractivity contribution in [3.63, 3.8) is 0 Å². The first-order chi connectivity index (χ1) is 12.2. The smallest absolute Gasteiger partial charge is 0.335 e. The molecule has 136 valence electrons. The monoisotopic (exact) mass is 357 g/mol. The van der Waals surface area contributed by atoms with Crippen LogP contribution in [0.1, 0.15) is 47.8 Å². The van der Waals surface area contributed by atoms with Crippen molar-refractivity contribution in [2.45, 2.75) is 38.3 Å². The van der Waals surface area contributed by atoms with Gasteiger partial charge in [-0.2, -0.15) is 0 Å². The van der Waals surface area contributed by atoms with Crippen LogP contribution in [0.4, 0.5) is 4.39 Å². The molecule has 1 aliphatic rings. The molecule has 0 fully saturated rings. The Morgan fingerprint density at radius 3 is 2.58 bits per heavy atom. The van der Waals surface area contributed by atoms with E-state index in [0.29, 0.717) is 12.2 Å². The Labute approximate surface area is 150 Å². The van der Waals surface area contributed by atoms with Gasteiger partial charge in [-0.1, -0.05) is 18.2 Å². The number of carboxylic acids is 1. The number of nitrogens with one attached hydrogen (secondary N) is 1. The summed E-state index contributed by atoms with van der Waals surface area (Å²) in [6.07, 6.45) is 0.698. The van der Waals surface area contributed by atoms with E-state index in [0.717, 1.165) is 11.1 Å². The zero-order valence-corrected chi connectivity index (χ0v) is 14.6. The minimum absolute atomic E-state index is 0.133. The maximum Gasteiger partial charge on any atom is 0.335 e. The van der Waals surface area contributed by atoms with Crippen LogP contribution in [0.15, 0.2) is 42.5 Å². The molecule has 2 aromatic carbocycles. The molecule has 0 aliphatic carbocycles. The SMILES string of the molecule is CC1(C)CC(NC(=O)Cc2ccc(C(=O)O)cc2)c2ccc(F)cc2O1. The van der Waals surface area contributed by atoms with Crippen LogP contribution in [0.2, 0.25) is 0 Å². The summed E-state index contributed by atoms with van der Waals surface area (Å²) < 4.78 is 19.3. The Bertz CT molecular complexity index is 845. The van der Waals surface area contributed by atoms with E-state index in [9.17, 15) is 14.0 Å². The summed E-state index contributed by atoms with van der Waals surface area (Å²) in [5.74, 6) is -1.14. The summed E-state index contributed by atoms with van der Waals surface area (Å²) >= 11 is 0. The first kappa shape index (κ1) is 17.9. The maximum atomic E-state index is 13.5. The van der Waals surface area contributed by atoms with Crippen molar-refractivity contribution >= 4 is 11.9 Å². The Morgan fingerprint density at radius 2 is 1.92 bits per heavy atom. The largest absolute Gasteiger partial charge is 0.487 e. The van der Waals surface area contributed by atoms with E-state index in [1.165, 1.54) is 24.3 Å². The summed E-state index contributed by atoms with van der Waals surface area (Å²) in [6.45, 7) is 3.79. The van der Waals surface area contributed by atoms with Crippen molar-refractivity contribution in [1.29, 1.82) is 0 Å². The van der Waals surface area contributed by atoms with Crippen molar-refractivity contribution in [1.82, 2.24) is 5.32 Å². The fourth-order valence-electron chi connectivity index (χ4n) is 3.15. The number of hydrogen-bond acceptors (Lipinski definition) is 3. The zero-order chi connectivity index (χ0) is 18.9. The molecule has 2 aromatic rings. The second-order valence-electron chi connectivity index (χ2n) is 7.05. The lowest BCUT2D eigenvalue weighted by Crippen LogP contribution is -2.41. The predicted octanol–water partition coefficient (Wildman–Crippen LogP) is 3.49. The Balaban J connectivity index is 1.73. The van der Waals surface area contributed by atoms with Gasteiger partial charge in [0.1, 0.15) is 17.2 Å². The molecule has 6 heteroatoms. The summed E-state index contributed by atoms with van der Waals surface area (Å²) in [6, 6.07) is 10.2. The van der Waals surface area contributed by atoms with Crippen LogP contribution >= 0.6 is 0 Å². The normalized spacial score (nSPS) is 17.7. The molecule has 1 unspecified atom stereocenters. The summed E-state index contributed by atoms with van der Waals surface area (Å²) in [4.78, 5) is 23.3. The molecule has 1 aliphatic heterocycles. The number of carbonyl (C=O) groups excluding carboxylic acids is 1. The molecule has 0 bridgehead atoms. The number of carboxylic acid groups (broad SMARTS) is 1. The van der Waals surface area contributed by atoms with Crippen LogP contribution < -0.4 is 10.1 Å². The molecule has 3 rings (SSSR count). The van der Waals surface area contributed by atoms with Gasteiger partial charge in [-0.3, -0.25) is 4.79 Å². The van der Waals surface area contributed by atoms with Gasteiger partial charge in [-0.15, -0.1) is 0 Å². The van der Waals surface area contributed by atoms with Gasteiger partial charge in [0.15, 0.2) is 0 Å². The second-order valence-corrected chi connectivity index (χ2v) is 7.05. The van der Waals surface area contributed by atoms with E-state index in [1.54, 1.807) is 18.2 Å². The summed E-state index contributed by atoms with van der Waals surface area (Å²) in [5.41, 5.74) is 1.12. The van der Waals surface area contributed by atoms with Crippen LogP contribution in [-0.2, 0) is 11.2 Å². The van der Waals surface area contributed by atoms with Gasteiger partial charge in [-0.25, -0.2) is 9.18 Å². The van der Waals surface area contributed by atoms with Crippen molar-refractivity contribution < 1.29 is 23.8 Å². The second kappa shape index (κ2) is 6.78. The lowest BCUT2D eigenvalue weighted by atomic mass is 9.89. The van der Waals surface area contributed by atoms with Gasteiger partial charge in [0.05, 0.1) is 18.0 Å². The van der Waals surface area contributed by atoms with Gasteiger partial charge in [0.25, 0.3) is 0 Å². The zero-order valence-electron chi connectivity index (χ0n) is 14.6. The highest BCUT2D eigenvalue weighted by molar-refractivity contribution is 5.87. The van der Waals surface area contributed by atoms with E-state index in [2.05, 4.69) is 5.32 Å². The minimum Gasteiger partial charge on any atom is -0.487 e. The van der Waals surface area contributed by atoms with E-state index < -0.39 is 11.6 Å². The molecule has 1 heterocycles. The number of amides is 1. The Morgan fingerprint density at radius 1 is 1.23 bits per heavy atom. The van der Waals surface area contributed by atoms with Gasteiger partial charge < -0.3 is 15.2 Å². The number of rotatable bonds is 4. The van der Waals surface area contributed by atoms with Crippen molar-refractivity contribution in [3.8, 4) is 5.75 Å². The van der Waals surface area contributed by atoms with Gasteiger partial charge >= 0.3 is 5.97 Å². The molecule has 1 amide bonds. The average Bonchev–Trinajstić information content (AvgIpc) is 2.53. The molecule has 0 aromatic heterocycles. The van der Waals surface area contributed by atoms with E-state index >= 15 is 0 Å². The topological polar surface area (TPSA) is 75.6 Å². The molecule has 0 saturated heterocycles. The average molecular weight is 357 g/mol. The molecule has 5 nitrogen and oxygen atoms in total. The molecule has 1 atom stereocenters. The van der Waals surface area contributed by atoms with Crippen LogP contribution in [0.3, 0.4) is 0 Å². The maximum absolute atomic E-state index is 13.5. The standard InChI is InChI=1S/C20H20FNO4/c1-20(2)11-16(15-8-7-14(21)10-17(15)26-20)22-18(23)9-12-3-5-13(6-4-12)19(24)25/h3-8,10,16H,9,11H2,1-2H3,(H,22,23)(H,24,25). The number of hydrogen-bond donors (Lipinski definition) is 2. The summed E-state index contributed by atoms with van der Waals surface area (Å²) in [7, 11) is 0. The minimum atomic E-state index is -1.01. The highest BCUT2D eigenvalue weighted by Gasteiger charge is 2.34. The first-order valence-electron chi connectivity index (χ1n) is 8.33. The molecular weight excluding hydrogens is 337 g/mol. The van der Waals surface area contributed by atoms with E-state index in [-0.39, 0.29) is 29.8 Å². The highest BCUT2D eigenvalue weighted by atomic mass is 19.1. The summed E-state index contributed by atoms with van der Waals surface area (Å²) in [5, 5.41) is 11.9. The van der Waals surface area contributed by atoms with Crippen LogP contribution in [0.5, 0.6) is 5.75 Å². The fourth-order valence-corrected chi connectivity index (χ4v) is 3.15. The Hall–Kier alpha value is -2.89. The quantitative estimate of drug-likeness (QED) is 0.878. The third-order valence-electron chi connectivity index (χ3n) is 4.33. The third-order valence-corrected chi connectivity index (χ3v) is 4.33. The number of halogens is 1.